The Morgan fingerprint density at radius 3 is 2.21 bits per heavy atom. The summed E-state index contributed by atoms with van der Waals surface area (Å²) in [4.78, 5) is 15.8. The summed E-state index contributed by atoms with van der Waals surface area (Å²) < 4.78 is 62.4. The lowest BCUT2D eigenvalue weighted by molar-refractivity contribution is -0.137. The molecule has 152 valence electrons. The van der Waals surface area contributed by atoms with Crippen LogP contribution in [0.15, 0.2) is 47.5 Å². The third-order valence-electron chi connectivity index (χ3n) is 3.70. The van der Waals surface area contributed by atoms with Crippen LogP contribution in [-0.2, 0) is 16.2 Å². The maximum atomic E-state index is 12.5. The minimum Gasteiger partial charge on any atom is -0.368 e. The summed E-state index contributed by atoms with van der Waals surface area (Å²) in [5.41, 5.74) is -0.559. The predicted octanol–water partition coefficient (Wildman–Crippen LogP) is 2.19. The van der Waals surface area contributed by atoms with E-state index in [0.29, 0.717) is 0 Å². The Bertz CT molecular complexity index is 912. The number of alkyl halides is 3. The van der Waals surface area contributed by atoms with Gasteiger partial charge in [0.25, 0.3) is 5.91 Å². The fourth-order valence-electron chi connectivity index (χ4n) is 2.12. The highest BCUT2D eigenvalue weighted by molar-refractivity contribution is 7.89. The standard InChI is InChI=1S/C17H19F3N4O3S/c1-24(2)28(26,27)14-6-3-12(4-7-14)16(25)22-10-9-21-15-8-5-13(11-23-15)17(18,19)20/h3-8,11H,9-10H2,1-2H3,(H,21,23)(H,22,25). The van der Waals surface area contributed by atoms with Gasteiger partial charge in [0, 0.05) is 38.9 Å². The number of pyridine rings is 1. The van der Waals surface area contributed by atoms with Gasteiger partial charge >= 0.3 is 6.18 Å². The summed E-state index contributed by atoms with van der Waals surface area (Å²) in [6.45, 7) is 0.441. The monoisotopic (exact) mass is 416 g/mol. The van der Waals surface area contributed by atoms with Crippen molar-refractivity contribution in [3.05, 3.63) is 53.7 Å². The largest absolute Gasteiger partial charge is 0.417 e. The molecule has 2 N–H and O–H groups in total. The van der Waals surface area contributed by atoms with Crippen LogP contribution in [0.5, 0.6) is 0 Å². The first kappa shape index (κ1) is 21.6. The van der Waals surface area contributed by atoms with Crippen molar-refractivity contribution in [3.63, 3.8) is 0 Å². The Hall–Kier alpha value is -2.66. The molecule has 0 radical (unpaired) electrons. The molecule has 1 amide bonds. The van der Waals surface area contributed by atoms with E-state index in [2.05, 4.69) is 15.6 Å². The molecule has 1 aromatic carbocycles. The first-order valence-corrected chi connectivity index (χ1v) is 9.54. The van der Waals surface area contributed by atoms with Crippen LogP contribution < -0.4 is 10.6 Å². The van der Waals surface area contributed by atoms with Crippen LogP contribution in [0.4, 0.5) is 19.0 Å². The fraction of sp³-hybridized carbons (Fsp3) is 0.294. The number of hydrogen-bond donors (Lipinski definition) is 2. The van der Waals surface area contributed by atoms with Crippen molar-refractivity contribution in [3.8, 4) is 0 Å². The molecule has 2 aromatic rings. The second-order valence-corrected chi connectivity index (χ2v) is 8.08. The molecule has 0 aliphatic carbocycles. The van der Waals surface area contributed by atoms with Crippen LogP contribution in [0, 0.1) is 0 Å². The molecule has 1 heterocycles. The summed E-state index contributed by atoms with van der Waals surface area (Å²) in [6.07, 6.45) is -3.72. The molecule has 0 saturated heterocycles. The summed E-state index contributed by atoms with van der Waals surface area (Å²) >= 11 is 0. The molecule has 0 unspecified atom stereocenters. The van der Waals surface area contributed by atoms with Crippen LogP contribution in [0.3, 0.4) is 0 Å². The summed E-state index contributed by atoms with van der Waals surface area (Å²) in [5.74, 6) is -0.156. The summed E-state index contributed by atoms with van der Waals surface area (Å²) in [6, 6.07) is 7.60. The van der Waals surface area contributed by atoms with Gasteiger partial charge in [0.05, 0.1) is 10.5 Å². The van der Waals surface area contributed by atoms with Crippen molar-refractivity contribution in [2.45, 2.75) is 11.1 Å². The lowest BCUT2D eigenvalue weighted by atomic mass is 10.2. The Labute approximate surface area is 160 Å². The van der Waals surface area contributed by atoms with Crippen molar-refractivity contribution in [1.82, 2.24) is 14.6 Å². The van der Waals surface area contributed by atoms with Gasteiger partial charge in [0.2, 0.25) is 10.0 Å². The Kier molecular flexibility index (Phi) is 6.62. The van der Waals surface area contributed by atoms with Crippen LogP contribution in [0.25, 0.3) is 0 Å². The highest BCUT2D eigenvalue weighted by Gasteiger charge is 2.30. The van der Waals surface area contributed by atoms with E-state index in [9.17, 15) is 26.4 Å². The second kappa shape index (κ2) is 8.57. The smallest absolute Gasteiger partial charge is 0.368 e. The molecular formula is C17H19F3N4O3S. The first-order chi connectivity index (χ1) is 13.0. The van der Waals surface area contributed by atoms with Crippen molar-refractivity contribution >= 4 is 21.7 Å². The minimum absolute atomic E-state index is 0.0732. The van der Waals surface area contributed by atoms with Gasteiger partial charge < -0.3 is 10.6 Å². The van der Waals surface area contributed by atoms with Gasteiger partial charge in [0.15, 0.2) is 0 Å². The molecule has 0 atom stereocenters. The van der Waals surface area contributed by atoms with E-state index in [-0.39, 0.29) is 29.4 Å². The number of amides is 1. The Morgan fingerprint density at radius 2 is 1.71 bits per heavy atom. The topological polar surface area (TPSA) is 91.4 Å². The number of hydrogen-bond acceptors (Lipinski definition) is 5. The number of halogens is 3. The van der Waals surface area contributed by atoms with E-state index >= 15 is 0 Å². The van der Waals surface area contributed by atoms with Gasteiger partial charge in [-0.1, -0.05) is 0 Å². The number of nitrogens with one attached hydrogen (secondary N) is 2. The van der Waals surface area contributed by atoms with Crippen LogP contribution in [-0.4, -0.2) is 50.8 Å². The number of sulfonamides is 1. The number of anilines is 1. The zero-order valence-corrected chi connectivity index (χ0v) is 15.9. The highest BCUT2D eigenvalue weighted by atomic mass is 32.2. The fourth-order valence-corrected chi connectivity index (χ4v) is 3.03. The normalized spacial score (nSPS) is 12.1. The van der Waals surface area contributed by atoms with Crippen LogP contribution in [0.1, 0.15) is 15.9 Å². The van der Waals surface area contributed by atoms with Gasteiger partial charge in [-0.2, -0.15) is 13.2 Å². The zero-order valence-electron chi connectivity index (χ0n) is 15.1. The average Bonchev–Trinajstić information content (AvgIpc) is 2.64. The van der Waals surface area contributed by atoms with Crippen molar-refractivity contribution in [2.75, 3.05) is 32.5 Å². The van der Waals surface area contributed by atoms with E-state index < -0.39 is 27.7 Å². The SMILES string of the molecule is CN(C)S(=O)(=O)c1ccc(C(=O)NCCNc2ccc(C(F)(F)F)cn2)cc1. The number of carbonyl (C=O) groups excluding carboxylic acids is 1. The summed E-state index contributed by atoms with van der Waals surface area (Å²) in [5, 5.41) is 5.41. The molecule has 0 spiro atoms. The average molecular weight is 416 g/mol. The Balaban J connectivity index is 1.84. The van der Waals surface area contributed by atoms with Crippen LogP contribution in [0.2, 0.25) is 0 Å². The van der Waals surface area contributed by atoms with E-state index in [4.69, 9.17) is 0 Å². The van der Waals surface area contributed by atoms with Crippen molar-refractivity contribution in [2.24, 2.45) is 0 Å². The lowest BCUT2D eigenvalue weighted by Crippen LogP contribution is -2.29. The number of rotatable bonds is 7. The highest BCUT2D eigenvalue weighted by Crippen LogP contribution is 2.28. The third-order valence-corrected chi connectivity index (χ3v) is 5.53. The van der Waals surface area contributed by atoms with Gasteiger partial charge in [-0.3, -0.25) is 4.79 Å². The zero-order chi connectivity index (χ0) is 20.9. The second-order valence-electron chi connectivity index (χ2n) is 5.92. The molecule has 1 aromatic heterocycles. The molecule has 11 heteroatoms. The third kappa shape index (κ3) is 5.42. The number of carbonyl (C=O) groups is 1. The predicted molar refractivity (Wildman–Crippen MR) is 97.4 cm³/mol. The number of benzene rings is 1. The lowest BCUT2D eigenvalue weighted by Gasteiger charge is -2.12. The Morgan fingerprint density at radius 1 is 1.07 bits per heavy atom. The number of nitrogens with zero attached hydrogens (tertiary/aromatic N) is 2. The van der Waals surface area contributed by atoms with Crippen LogP contribution >= 0.6 is 0 Å². The molecule has 28 heavy (non-hydrogen) atoms. The summed E-state index contributed by atoms with van der Waals surface area (Å²) in [7, 11) is -0.747. The minimum atomic E-state index is -4.44. The molecule has 2 rings (SSSR count). The first-order valence-electron chi connectivity index (χ1n) is 8.10. The quantitative estimate of drug-likeness (QED) is 0.676. The van der Waals surface area contributed by atoms with E-state index in [1.54, 1.807) is 0 Å². The van der Waals surface area contributed by atoms with E-state index in [0.717, 1.165) is 16.6 Å². The molecule has 0 bridgehead atoms. The van der Waals surface area contributed by atoms with Crippen molar-refractivity contribution < 1.29 is 26.4 Å². The number of aromatic nitrogens is 1. The van der Waals surface area contributed by atoms with Gasteiger partial charge in [0.1, 0.15) is 5.82 Å². The molecular weight excluding hydrogens is 397 g/mol. The maximum Gasteiger partial charge on any atom is 0.417 e. The molecule has 7 nitrogen and oxygen atoms in total. The van der Waals surface area contributed by atoms with Gasteiger partial charge in [-0.15, -0.1) is 0 Å². The van der Waals surface area contributed by atoms with Gasteiger partial charge in [-0.25, -0.2) is 17.7 Å². The molecule has 0 saturated carbocycles. The van der Waals surface area contributed by atoms with E-state index in [1.807, 2.05) is 0 Å². The molecule has 0 aliphatic rings. The molecule has 0 fully saturated rings. The van der Waals surface area contributed by atoms with Crippen molar-refractivity contribution in [1.29, 1.82) is 0 Å². The maximum absolute atomic E-state index is 12.5. The van der Waals surface area contributed by atoms with Gasteiger partial charge in [-0.05, 0) is 36.4 Å². The molecule has 0 aliphatic heterocycles. The van der Waals surface area contributed by atoms with E-state index in [1.165, 1.54) is 44.4 Å².